The third-order valence-electron chi connectivity index (χ3n) is 3.22. The summed E-state index contributed by atoms with van der Waals surface area (Å²) in [5, 5.41) is 11.6. The third kappa shape index (κ3) is 3.85. The average molecular weight is 392 g/mol. The maximum Gasteiger partial charge on any atom is 0.119 e. The highest BCUT2D eigenvalue weighted by molar-refractivity contribution is 7.99. The van der Waals surface area contributed by atoms with Gasteiger partial charge in [-0.15, -0.1) is 0 Å². The highest BCUT2D eigenvalue weighted by Crippen LogP contribution is 2.33. The van der Waals surface area contributed by atoms with Crippen molar-refractivity contribution in [2.24, 2.45) is 0 Å². The summed E-state index contributed by atoms with van der Waals surface area (Å²) in [6.45, 7) is 0. The van der Waals surface area contributed by atoms with Gasteiger partial charge in [-0.2, -0.15) is 5.26 Å². The molecule has 0 saturated carbocycles. The Morgan fingerprint density at radius 1 is 0.875 bits per heavy atom. The Morgan fingerprint density at radius 2 is 1.62 bits per heavy atom. The number of rotatable bonds is 3. The largest absolute Gasteiger partial charge is 0.240 e. The van der Waals surface area contributed by atoms with Gasteiger partial charge in [0, 0.05) is 15.5 Å². The molecule has 2 aromatic carbocycles. The number of hydrogen-bond acceptors (Lipinski definition) is 3. The maximum absolute atomic E-state index is 9.32. The van der Waals surface area contributed by atoms with Gasteiger partial charge in [0.15, 0.2) is 0 Å². The molecule has 0 bridgehead atoms. The molecule has 1 heterocycles. The summed E-state index contributed by atoms with van der Waals surface area (Å²) in [4.78, 5) is 5.56. The van der Waals surface area contributed by atoms with Crippen molar-refractivity contribution in [1.29, 1.82) is 5.26 Å². The zero-order valence-corrected chi connectivity index (χ0v) is 15.2. The molecule has 0 spiro atoms. The summed E-state index contributed by atoms with van der Waals surface area (Å²) in [5.74, 6) is 0. The molecule has 0 aliphatic rings. The number of halogens is 3. The number of nitrogens with zero attached hydrogens (tertiary/aromatic N) is 2. The fourth-order valence-electron chi connectivity index (χ4n) is 2.03. The van der Waals surface area contributed by atoms with Gasteiger partial charge < -0.3 is 0 Å². The van der Waals surface area contributed by atoms with Crippen molar-refractivity contribution in [1.82, 2.24) is 4.98 Å². The predicted octanol–water partition coefficient (Wildman–Crippen LogP) is 6.73. The van der Waals surface area contributed by atoms with Crippen molar-refractivity contribution in [2.75, 3.05) is 0 Å². The molecule has 0 atom stereocenters. The van der Waals surface area contributed by atoms with E-state index < -0.39 is 0 Å². The second-order valence-electron chi connectivity index (χ2n) is 4.85. The maximum atomic E-state index is 9.32. The Kier molecular flexibility index (Phi) is 5.33. The normalized spacial score (nSPS) is 10.4. The van der Waals surface area contributed by atoms with E-state index in [4.69, 9.17) is 34.8 Å². The second-order valence-corrected chi connectivity index (χ2v) is 7.16. The minimum atomic E-state index is 0.465. The topological polar surface area (TPSA) is 36.7 Å². The summed E-state index contributed by atoms with van der Waals surface area (Å²) in [6, 6.07) is 18.4. The minimum absolute atomic E-state index is 0.465. The third-order valence-corrected chi connectivity index (χ3v) is 5.23. The lowest BCUT2D eigenvalue weighted by molar-refractivity contribution is 1.11. The van der Waals surface area contributed by atoms with E-state index in [-0.39, 0.29) is 0 Å². The van der Waals surface area contributed by atoms with Gasteiger partial charge in [-0.05, 0) is 48.5 Å². The van der Waals surface area contributed by atoms with Gasteiger partial charge in [0.2, 0.25) is 0 Å². The van der Waals surface area contributed by atoms with Crippen molar-refractivity contribution >= 4 is 46.6 Å². The molecular weight excluding hydrogens is 383 g/mol. The summed E-state index contributed by atoms with van der Waals surface area (Å²) in [5.41, 5.74) is 2.08. The first-order valence-corrected chi connectivity index (χ1v) is 8.82. The van der Waals surface area contributed by atoms with Crippen LogP contribution < -0.4 is 0 Å². The fraction of sp³-hybridized carbons (Fsp3) is 0. The van der Waals surface area contributed by atoms with Gasteiger partial charge in [-0.25, -0.2) is 4.98 Å². The molecule has 0 fully saturated rings. The lowest BCUT2D eigenvalue weighted by atomic mass is 10.1. The summed E-state index contributed by atoms with van der Waals surface area (Å²) >= 11 is 19.4. The van der Waals surface area contributed by atoms with Crippen LogP contribution in [-0.4, -0.2) is 4.98 Å². The Morgan fingerprint density at radius 3 is 2.29 bits per heavy atom. The van der Waals surface area contributed by atoms with Gasteiger partial charge in [-0.1, -0.05) is 52.6 Å². The van der Waals surface area contributed by atoms with Gasteiger partial charge in [-0.3, -0.25) is 0 Å². The van der Waals surface area contributed by atoms with Crippen molar-refractivity contribution in [3.63, 3.8) is 0 Å². The number of hydrogen-bond donors (Lipinski definition) is 0. The van der Waals surface area contributed by atoms with Crippen LogP contribution in [0.3, 0.4) is 0 Å². The number of pyridine rings is 1. The smallest absolute Gasteiger partial charge is 0.119 e. The molecule has 0 N–H and O–H groups in total. The first kappa shape index (κ1) is 17.1. The van der Waals surface area contributed by atoms with Gasteiger partial charge in [0.1, 0.15) is 11.1 Å². The zero-order valence-electron chi connectivity index (χ0n) is 12.1. The molecule has 0 unspecified atom stereocenters. The van der Waals surface area contributed by atoms with Gasteiger partial charge >= 0.3 is 0 Å². The minimum Gasteiger partial charge on any atom is -0.240 e. The molecule has 3 aromatic rings. The van der Waals surface area contributed by atoms with Crippen LogP contribution in [0.15, 0.2) is 64.5 Å². The molecule has 0 saturated heterocycles. The van der Waals surface area contributed by atoms with Crippen molar-refractivity contribution in [3.8, 4) is 17.3 Å². The predicted molar refractivity (Wildman–Crippen MR) is 100.0 cm³/mol. The molecule has 24 heavy (non-hydrogen) atoms. The monoisotopic (exact) mass is 390 g/mol. The lowest BCUT2D eigenvalue weighted by Crippen LogP contribution is -1.91. The Hall–Kier alpha value is -1.70. The van der Waals surface area contributed by atoms with Crippen LogP contribution >= 0.6 is 46.6 Å². The van der Waals surface area contributed by atoms with E-state index in [1.807, 2.05) is 18.2 Å². The highest BCUT2D eigenvalue weighted by atomic mass is 35.5. The van der Waals surface area contributed by atoms with E-state index in [0.717, 1.165) is 16.2 Å². The van der Waals surface area contributed by atoms with Crippen molar-refractivity contribution in [2.45, 2.75) is 9.92 Å². The number of nitriles is 1. The molecule has 2 nitrogen and oxygen atoms in total. The van der Waals surface area contributed by atoms with Crippen molar-refractivity contribution < 1.29 is 0 Å². The van der Waals surface area contributed by atoms with E-state index in [0.29, 0.717) is 25.7 Å². The highest BCUT2D eigenvalue weighted by Gasteiger charge is 2.10. The van der Waals surface area contributed by atoms with E-state index >= 15 is 0 Å². The van der Waals surface area contributed by atoms with Crippen LogP contribution in [-0.2, 0) is 0 Å². The molecule has 0 aliphatic heterocycles. The number of benzene rings is 2. The molecule has 118 valence electrons. The first-order valence-electron chi connectivity index (χ1n) is 6.87. The molecule has 3 rings (SSSR count). The first-order chi connectivity index (χ1) is 11.6. The second kappa shape index (κ2) is 7.46. The summed E-state index contributed by atoms with van der Waals surface area (Å²) in [7, 11) is 0. The van der Waals surface area contributed by atoms with Crippen molar-refractivity contribution in [3.05, 3.63) is 75.2 Å². The lowest BCUT2D eigenvalue weighted by Gasteiger charge is -2.08. The summed E-state index contributed by atoms with van der Waals surface area (Å²) < 4.78 is 0. The molecule has 0 aliphatic carbocycles. The fourth-order valence-corrected chi connectivity index (χ4v) is 3.32. The quantitative estimate of drug-likeness (QED) is 0.496. The van der Waals surface area contributed by atoms with Crippen LogP contribution in [0.1, 0.15) is 5.56 Å². The Labute approximate surface area is 159 Å². The molecule has 0 amide bonds. The van der Waals surface area contributed by atoms with E-state index in [2.05, 4.69) is 11.1 Å². The Balaban J connectivity index is 2.00. The summed E-state index contributed by atoms with van der Waals surface area (Å²) in [6.07, 6.45) is 0. The molecule has 0 radical (unpaired) electrons. The van der Waals surface area contributed by atoms with Crippen LogP contribution in [0.25, 0.3) is 11.3 Å². The van der Waals surface area contributed by atoms with Crippen LogP contribution in [0, 0.1) is 11.3 Å². The molecule has 6 heteroatoms. The van der Waals surface area contributed by atoms with E-state index in [1.165, 1.54) is 11.8 Å². The molecular formula is C18H9Cl3N2S. The van der Waals surface area contributed by atoms with Gasteiger partial charge in [0.05, 0.1) is 21.3 Å². The molecule has 1 aromatic heterocycles. The van der Waals surface area contributed by atoms with Crippen LogP contribution in [0.5, 0.6) is 0 Å². The number of aromatic nitrogens is 1. The van der Waals surface area contributed by atoms with E-state index in [1.54, 1.807) is 36.4 Å². The van der Waals surface area contributed by atoms with E-state index in [9.17, 15) is 5.26 Å². The Bertz CT molecular complexity index is 934. The van der Waals surface area contributed by atoms with Gasteiger partial charge in [0.25, 0.3) is 0 Å². The standard InChI is InChI=1S/C18H9Cl3N2S/c19-13-3-5-14(6-4-13)24-18-12(10-22)2-8-17(23-18)11-1-7-15(20)16(21)9-11/h1-9H. The van der Waals surface area contributed by atoms with Crippen LogP contribution in [0.4, 0.5) is 0 Å². The zero-order chi connectivity index (χ0) is 17.1. The average Bonchev–Trinajstić information content (AvgIpc) is 2.59. The van der Waals surface area contributed by atoms with Crippen LogP contribution in [0.2, 0.25) is 15.1 Å². The SMILES string of the molecule is N#Cc1ccc(-c2ccc(Cl)c(Cl)c2)nc1Sc1ccc(Cl)cc1.